The first-order valence-corrected chi connectivity index (χ1v) is 13.0. The molecule has 0 fully saturated rings. The molecular weight excluding hydrogens is 673 g/mol. The number of para-hydroxylation sites is 2. The minimum Gasteiger partial charge on any atom is -0.393 e. The molecule has 4 aromatic carbocycles. The van der Waals surface area contributed by atoms with Crippen molar-refractivity contribution in [3.63, 3.8) is 0 Å². The second kappa shape index (κ2) is 15.8. The number of fused-ring (bicyclic) bond motifs is 2. The van der Waals surface area contributed by atoms with Crippen molar-refractivity contribution in [1.29, 1.82) is 0 Å². The van der Waals surface area contributed by atoms with Crippen molar-refractivity contribution in [1.82, 2.24) is 9.97 Å². The molecule has 2 heterocycles. The maximum Gasteiger partial charge on any atom is 0.0595 e. The summed E-state index contributed by atoms with van der Waals surface area (Å²) in [4.78, 5) is 9.23. The Kier molecular flexibility index (Phi) is 12.1. The van der Waals surface area contributed by atoms with Gasteiger partial charge in [-0.1, -0.05) is 60.7 Å². The average molecular weight is 705 g/mol. The number of hydrogen-bond acceptors (Lipinski definition) is 4. The number of hydrogen-bond donors (Lipinski definition) is 2. The van der Waals surface area contributed by atoms with Crippen LogP contribution in [0.3, 0.4) is 0 Å². The molecule has 5 heteroatoms. The van der Waals surface area contributed by atoms with Gasteiger partial charge < -0.3 is 10.2 Å². The van der Waals surface area contributed by atoms with Crippen molar-refractivity contribution < 1.29 is 30.3 Å². The molecule has 0 aliphatic carbocycles. The molecule has 0 amide bonds. The Labute approximate surface area is 249 Å². The van der Waals surface area contributed by atoms with Gasteiger partial charge in [0.25, 0.3) is 0 Å². The molecular formula is C35H32IrN2O2-2. The second-order valence-electron chi connectivity index (χ2n) is 9.26. The van der Waals surface area contributed by atoms with Crippen LogP contribution in [-0.2, 0) is 20.1 Å². The molecule has 1 radical (unpaired) electrons. The largest absolute Gasteiger partial charge is 0.393 e. The monoisotopic (exact) mass is 705 g/mol. The molecule has 4 nitrogen and oxygen atoms in total. The van der Waals surface area contributed by atoms with E-state index in [0.717, 1.165) is 33.5 Å². The zero-order chi connectivity index (χ0) is 27.5. The Morgan fingerprint density at radius 1 is 0.550 bits per heavy atom. The topological polar surface area (TPSA) is 66.2 Å². The van der Waals surface area contributed by atoms with Crippen LogP contribution in [-0.4, -0.2) is 32.4 Å². The van der Waals surface area contributed by atoms with Crippen molar-refractivity contribution in [2.24, 2.45) is 0 Å². The fourth-order valence-electron chi connectivity index (χ4n) is 4.03. The molecule has 2 aromatic heterocycles. The van der Waals surface area contributed by atoms with Gasteiger partial charge in [-0.25, -0.2) is 0 Å². The molecule has 0 bridgehead atoms. The molecule has 6 rings (SSSR count). The molecule has 0 spiro atoms. The number of aliphatic hydroxyl groups excluding tert-OH is 2. The molecule has 0 aliphatic heterocycles. The van der Waals surface area contributed by atoms with Crippen molar-refractivity contribution in [2.75, 3.05) is 0 Å². The number of pyridine rings is 2. The zero-order valence-corrected chi connectivity index (χ0v) is 24.9. The van der Waals surface area contributed by atoms with E-state index >= 15 is 0 Å². The van der Waals surface area contributed by atoms with Crippen molar-refractivity contribution >= 4 is 21.8 Å². The molecule has 2 N–H and O–H groups in total. The summed E-state index contributed by atoms with van der Waals surface area (Å²) in [7, 11) is 0. The second-order valence-corrected chi connectivity index (χ2v) is 9.26. The predicted octanol–water partition coefficient (Wildman–Crippen LogP) is 7.54. The van der Waals surface area contributed by atoms with E-state index in [1.54, 1.807) is 13.8 Å². The molecule has 6 aromatic rings. The summed E-state index contributed by atoms with van der Waals surface area (Å²) in [5.74, 6) is 0. The predicted molar refractivity (Wildman–Crippen MR) is 160 cm³/mol. The standard InChI is InChI=1S/2C15H10N.C5H12O2.Ir/c2*1-2-6-12(7-3-1)15-11-10-13-8-4-5-9-14(13)16-15;1-4(6)3-5(2)7;/h2*1-6,8-11H;4-7H,3H2,1-2H3;/q2*-1;;. The number of aliphatic hydroxyl groups is 2. The van der Waals surface area contributed by atoms with Gasteiger partial charge in [-0.15, -0.1) is 71.8 Å². The maximum atomic E-state index is 8.56. The molecule has 0 saturated carbocycles. The number of aromatic nitrogens is 2. The smallest absolute Gasteiger partial charge is 0.0595 e. The first kappa shape index (κ1) is 30.8. The Morgan fingerprint density at radius 2 is 0.950 bits per heavy atom. The molecule has 0 saturated heterocycles. The zero-order valence-electron chi connectivity index (χ0n) is 22.5. The van der Waals surface area contributed by atoms with Gasteiger partial charge in [0.2, 0.25) is 0 Å². The van der Waals surface area contributed by atoms with Crippen LogP contribution in [0.2, 0.25) is 0 Å². The van der Waals surface area contributed by atoms with Crippen LogP contribution in [0.4, 0.5) is 0 Å². The summed E-state index contributed by atoms with van der Waals surface area (Å²) in [6.07, 6.45) is -0.278. The third-order valence-electron chi connectivity index (χ3n) is 5.85. The van der Waals surface area contributed by atoms with Crippen LogP contribution < -0.4 is 0 Å². The van der Waals surface area contributed by atoms with Crippen LogP contribution in [0.25, 0.3) is 44.3 Å². The minimum absolute atomic E-state index is 0. The van der Waals surface area contributed by atoms with Gasteiger partial charge in [-0.05, 0) is 54.6 Å². The number of benzene rings is 4. The molecule has 2 unspecified atom stereocenters. The maximum absolute atomic E-state index is 8.56. The summed E-state index contributed by atoms with van der Waals surface area (Å²) in [6.45, 7) is 3.32. The van der Waals surface area contributed by atoms with Crippen molar-refractivity contribution in [3.8, 4) is 22.5 Å². The van der Waals surface area contributed by atoms with E-state index in [0.29, 0.717) is 6.42 Å². The van der Waals surface area contributed by atoms with Crippen LogP contribution in [0.5, 0.6) is 0 Å². The van der Waals surface area contributed by atoms with Gasteiger partial charge in [0.15, 0.2) is 0 Å². The fraction of sp³-hybridized carbons (Fsp3) is 0.143. The summed E-state index contributed by atoms with van der Waals surface area (Å²) in [5, 5.41) is 19.5. The van der Waals surface area contributed by atoms with Gasteiger partial charge in [0, 0.05) is 20.1 Å². The Bertz CT molecular complexity index is 1470. The Morgan fingerprint density at radius 3 is 1.30 bits per heavy atom. The van der Waals surface area contributed by atoms with Crippen LogP contribution in [0, 0.1) is 12.1 Å². The van der Waals surface area contributed by atoms with E-state index in [-0.39, 0.29) is 32.3 Å². The van der Waals surface area contributed by atoms with Gasteiger partial charge in [-0.3, -0.25) is 9.97 Å². The quantitative estimate of drug-likeness (QED) is 0.186. The normalized spacial score (nSPS) is 11.7. The van der Waals surface area contributed by atoms with Gasteiger partial charge in [0.1, 0.15) is 0 Å². The minimum atomic E-state index is -0.375. The third-order valence-corrected chi connectivity index (χ3v) is 5.85. The Balaban J connectivity index is 0.000000177. The number of rotatable bonds is 4. The van der Waals surface area contributed by atoms with E-state index in [9.17, 15) is 0 Å². The fourth-order valence-corrected chi connectivity index (χ4v) is 4.03. The Hall–Kier alpha value is -3.73. The first-order valence-electron chi connectivity index (χ1n) is 13.0. The summed E-state index contributed by atoms with van der Waals surface area (Å²) >= 11 is 0. The van der Waals surface area contributed by atoms with Gasteiger partial charge in [0.05, 0.1) is 23.2 Å². The average Bonchev–Trinajstić information content (AvgIpc) is 2.97. The van der Waals surface area contributed by atoms with E-state index < -0.39 is 0 Å². The van der Waals surface area contributed by atoms with E-state index in [1.165, 1.54) is 10.8 Å². The molecule has 40 heavy (non-hydrogen) atoms. The number of nitrogens with zero attached hydrogens (tertiary/aromatic N) is 2. The van der Waals surface area contributed by atoms with E-state index in [4.69, 9.17) is 10.2 Å². The van der Waals surface area contributed by atoms with Crippen LogP contribution in [0.1, 0.15) is 20.3 Å². The van der Waals surface area contributed by atoms with Crippen molar-refractivity contribution in [3.05, 3.63) is 133 Å². The molecule has 2 atom stereocenters. The van der Waals surface area contributed by atoms with Crippen LogP contribution in [0.15, 0.2) is 121 Å². The third kappa shape index (κ3) is 9.18. The van der Waals surface area contributed by atoms with E-state index in [1.807, 2.05) is 97.1 Å². The van der Waals surface area contributed by atoms with Crippen LogP contribution >= 0.6 is 0 Å². The molecule has 0 aliphatic rings. The summed E-state index contributed by atoms with van der Waals surface area (Å²) in [6, 6.07) is 46.7. The van der Waals surface area contributed by atoms with Gasteiger partial charge in [-0.2, -0.15) is 0 Å². The van der Waals surface area contributed by atoms with Crippen molar-refractivity contribution in [2.45, 2.75) is 32.5 Å². The van der Waals surface area contributed by atoms with Gasteiger partial charge >= 0.3 is 0 Å². The first-order chi connectivity index (χ1) is 19.0. The SMILES string of the molecule is CC(O)CC(C)O.[Ir].[c-]1ccccc1-c1ccc2ccccc2n1.[c-]1ccccc1-c1ccc2ccccc2n1. The van der Waals surface area contributed by atoms with E-state index in [2.05, 4.69) is 46.4 Å². The summed E-state index contributed by atoms with van der Waals surface area (Å²) < 4.78 is 0. The molecule has 205 valence electrons. The summed E-state index contributed by atoms with van der Waals surface area (Å²) in [5.41, 5.74) is 6.06.